The van der Waals surface area contributed by atoms with Gasteiger partial charge >= 0.3 is 0 Å². The zero-order valence-electron chi connectivity index (χ0n) is 14.5. The zero-order valence-corrected chi connectivity index (χ0v) is 14.5. The molecule has 2 aromatic rings. The Hall–Kier alpha value is -2.32. The highest BCUT2D eigenvalue weighted by Crippen LogP contribution is 2.19. The second kappa shape index (κ2) is 6.89. The van der Waals surface area contributed by atoms with E-state index in [1.807, 2.05) is 12.1 Å². The molecule has 0 unspecified atom stereocenters. The van der Waals surface area contributed by atoms with Gasteiger partial charge in [-0.2, -0.15) is 5.10 Å². The summed E-state index contributed by atoms with van der Waals surface area (Å²) < 4.78 is 1.40. The molecule has 0 N–H and O–H groups in total. The Morgan fingerprint density at radius 2 is 1.80 bits per heavy atom. The fourth-order valence-corrected chi connectivity index (χ4v) is 3.51. The summed E-state index contributed by atoms with van der Waals surface area (Å²) in [5, 5.41) is 4.30. The highest BCUT2D eigenvalue weighted by Gasteiger charge is 2.33. The molecule has 2 saturated heterocycles. The van der Waals surface area contributed by atoms with Gasteiger partial charge in [0.25, 0.3) is 5.56 Å². The standard InChI is InChI=1S/C17H23N7O/c1-21-16(25)4-3-14(20-21)11-22-12-15(13-22)23-7-9-24(10-8-23)17-18-5-2-6-19-17/h2-6,15H,7-13H2,1H3. The number of hydrogen-bond donors (Lipinski definition) is 0. The first-order valence-corrected chi connectivity index (χ1v) is 8.70. The maximum atomic E-state index is 11.4. The first kappa shape index (κ1) is 16.2. The van der Waals surface area contributed by atoms with Crippen LogP contribution in [-0.2, 0) is 13.6 Å². The molecule has 4 heterocycles. The van der Waals surface area contributed by atoms with Crippen molar-refractivity contribution in [1.29, 1.82) is 0 Å². The molecule has 2 fully saturated rings. The highest BCUT2D eigenvalue weighted by atomic mass is 16.1. The number of anilines is 1. The molecule has 2 aliphatic heterocycles. The Labute approximate surface area is 146 Å². The van der Waals surface area contributed by atoms with Crippen LogP contribution >= 0.6 is 0 Å². The second-order valence-corrected chi connectivity index (χ2v) is 6.71. The summed E-state index contributed by atoms with van der Waals surface area (Å²) in [6.07, 6.45) is 3.60. The summed E-state index contributed by atoms with van der Waals surface area (Å²) in [4.78, 5) is 27.3. The van der Waals surface area contributed by atoms with Gasteiger partial charge in [0.2, 0.25) is 5.95 Å². The van der Waals surface area contributed by atoms with E-state index in [-0.39, 0.29) is 5.56 Å². The van der Waals surface area contributed by atoms with Crippen LogP contribution in [0, 0.1) is 0 Å². The van der Waals surface area contributed by atoms with Crippen LogP contribution in [0.2, 0.25) is 0 Å². The van der Waals surface area contributed by atoms with Gasteiger partial charge in [-0.1, -0.05) is 0 Å². The Bertz CT molecular complexity index is 764. The lowest BCUT2D eigenvalue weighted by Gasteiger charge is -2.48. The van der Waals surface area contributed by atoms with Gasteiger partial charge in [0, 0.05) is 77.4 Å². The van der Waals surface area contributed by atoms with Crippen LogP contribution in [0.25, 0.3) is 0 Å². The second-order valence-electron chi connectivity index (χ2n) is 6.71. The Balaban J connectivity index is 1.25. The number of piperazine rings is 1. The number of hydrogen-bond acceptors (Lipinski definition) is 7. The van der Waals surface area contributed by atoms with Crippen molar-refractivity contribution in [2.24, 2.45) is 7.05 Å². The smallest absolute Gasteiger partial charge is 0.266 e. The number of rotatable bonds is 4. The van der Waals surface area contributed by atoms with Gasteiger partial charge in [-0.25, -0.2) is 14.6 Å². The topological polar surface area (TPSA) is 70.4 Å². The normalized spacial score (nSPS) is 19.8. The van der Waals surface area contributed by atoms with E-state index in [0.717, 1.165) is 57.5 Å². The van der Waals surface area contributed by atoms with Crippen LogP contribution in [0.15, 0.2) is 35.4 Å². The van der Waals surface area contributed by atoms with Crippen LogP contribution in [0.1, 0.15) is 5.69 Å². The summed E-state index contributed by atoms with van der Waals surface area (Å²) in [5.41, 5.74) is 0.886. The van der Waals surface area contributed by atoms with Crippen molar-refractivity contribution < 1.29 is 0 Å². The SMILES string of the molecule is Cn1nc(CN2CC(N3CCN(c4ncccn4)CC3)C2)ccc1=O. The molecule has 132 valence electrons. The average molecular weight is 341 g/mol. The lowest BCUT2D eigenvalue weighted by molar-refractivity contribution is 0.0244. The minimum absolute atomic E-state index is 0.0643. The van der Waals surface area contributed by atoms with E-state index in [0.29, 0.717) is 6.04 Å². The van der Waals surface area contributed by atoms with Crippen LogP contribution in [0.3, 0.4) is 0 Å². The van der Waals surface area contributed by atoms with Crippen LogP contribution in [0.5, 0.6) is 0 Å². The van der Waals surface area contributed by atoms with E-state index >= 15 is 0 Å². The van der Waals surface area contributed by atoms with Crippen molar-refractivity contribution in [3.05, 3.63) is 46.6 Å². The third-order valence-electron chi connectivity index (χ3n) is 5.00. The molecule has 0 saturated carbocycles. The van der Waals surface area contributed by atoms with E-state index < -0.39 is 0 Å². The molecule has 8 heteroatoms. The lowest BCUT2D eigenvalue weighted by Crippen LogP contribution is -2.62. The van der Waals surface area contributed by atoms with E-state index in [1.54, 1.807) is 25.5 Å². The summed E-state index contributed by atoms with van der Waals surface area (Å²) in [6, 6.07) is 5.88. The largest absolute Gasteiger partial charge is 0.338 e. The highest BCUT2D eigenvalue weighted by molar-refractivity contribution is 5.29. The van der Waals surface area contributed by atoms with E-state index in [9.17, 15) is 4.79 Å². The van der Waals surface area contributed by atoms with Crippen molar-refractivity contribution in [2.45, 2.75) is 12.6 Å². The minimum atomic E-state index is -0.0643. The Morgan fingerprint density at radius 1 is 1.08 bits per heavy atom. The summed E-state index contributed by atoms with van der Waals surface area (Å²) >= 11 is 0. The first-order chi connectivity index (χ1) is 12.2. The third kappa shape index (κ3) is 3.54. The molecule has 0 radical (unpaired) electrons. The molecule has 0 atom stereocenters. The quantitative estimate of drug-likeness (QED) is 0.748. The zero-order chi connectivity index (χ0) is 17.2. The van der Waals surface area contributed by atoms with Crippen molar-refractivity contribution in [3.8, 4) is 0 Å². The molecule has 0 amide bonds. The third-order valence-corrected chi connectivity index (χ3v) is 5.00. The molecule has 0 aromatic carbocycles. The van der Waals surface area contributed by atoms with Gasteiger partial charge in [-0.3, -0.25) is 14.6 Å². The molecule has 4 rings (SSSR count). The summed E-state index contributed by atoms with van der Waals surface area (Å²) in [7, 11) is 1.70. The maximum absolute atomic E-state index is 11.4. The molecule has 0 aliphatic carbocycles. The van der Waals surface area contributed by atoms with Crippen molar-refractivity contribution in [3.63, 3.8) is 0 Å². The van der Waals surface area contributed by atoms with Gasteiger partial charge in [0.05, 0.1) is 5.69 Å². The fraction of sp³-hybridized carbons (Fsp3) is 0.529. The summed E-state index contributed by atoms with van der Waals surface area (Å²) in [5.74, 6) is 0.832. The van der Waals surface area contributed by atoms with Crippen LogP contribution in [-0.4, -0.2) is 74.9 Å². The van der Waals surface area contributed by atoms with E-state index in [2.05, 4.69) is 29.8 Å². The van der Waals surface area contributed by atoms with Gasteiger partial charge in [-0.15, -0.1) is 0 Å². The minimum Gasteiger partial charge on any atom is -0.338 e. The molecule has 0 spiro atoms. The van der Waals surface area contributed by atoms with Gasteiger partial charge in [0.15, 0.2) is 0 Å². The number of nitrogens with zero attached hydrogens (tertiary/aromatic N) is 7. The molecule has 2 aliphatic rings. The molecular formula is C17H23N7O. The monoisotopic (exact) mass is 341 g/mol. The number of aryl methyl sites for hydroxylation is 1. The van der Waals surface area contributed by atoms with Crippen LogP contribution in [0.4, 0.5) is 5.95 Å². The van der Waals surface area contributed by atoms with Gasteiger partial charge in [0.1, 0.15) is 0 Å². The Kier molecular flexibility index (Phi) is 4.46. The van der Waals surface area contributed by atoms with E-state index in [4.69, 9.17) is 0 Å². The predicted octanol–water partition coefficient (Wildman–Crippen LogP) is -0.423. The average Bonchev–Trinajstić information content (AvgIpc) is 2.62. The lowest BCUT2D eigenvalue weighted by atomic mass is 10.1. The predicted molar refractivity (Wildman–Crippen MR) is 94.4 cm³/mol. The van der Waals surface area contributed by atoms with Crippen molar-refractivity contribution in [1.82, 2.24) is 29.5 Å². The first-order valence-electron chi connectivity index (χ1n) is 8.70. The molecule has 2 aromatic heterocycles. The molecule has 8 nitrogen and oxygen atoms in total. The van der Waals surface area contributed by atoms with Crippen LogP contribution < -0.4 is 10.5 Å². The van der Waals surface area contributed by atoms with E-state index in [1.165, 1.54) is 4.68 Å². The van der Waals surface area contributed by atoms with Crippen molar-refractivity contribution >= 4 is 5.95 Å². The Morgan fingerprint density at radius 3 is 2.48 bits per heavy atom. The van der Waals surface area contributed by atoms with Crippen molar-refractivity contribution in [2.75, 3.05) is 44.2 Å². The number of likely N-dealkylation sites (tertiary alicyclic amines) is 1. The maximum Gasteiger partial charge on any atom is 0.266 e. The molecule has 0 bridgehead atoms. The summed E-state index contributed by atoms with van der Waals surface area (Å²) in [6.45, 7) is 6.98. The fourth-order valence-electron chi connectivity index (χ4n) is 3.51. The molecule has 25 heavy (non-hydrogen) atoms. The molecular weight excluding hydrogens is 318 g/mol. The van der Waals surface area contributed by atoms with Gasteiger partial charge in [-0.05, 0) is 12.1 Å². The van der Waals surface area contributed by atoms with Gasteiger partial charge < -0.3 is 4.90 Å². The number of aromatic nitrogens is 4.